The van der Waals surface area contributed by atoms with Crippen molar-refractivity contribution in [2.45, 2.75) is 18.9 Å². The highest BCUT2D eigenvalue weighted by Crippen LogP contribution is 1.97. The molecule has 0 aromatic carbocycles. The van der Waals surface area contributed by atoms with Gasteiger partial charge < -0.3 is 16.6 Å². The van der Waals surface area contributed by atoms with E-state index in [2.05, 4.69) is 4.99 Å². The molecule has 0 aromatic rings. The molecule has 0 radical (unpaired) electrons. The van der Waals surface area contributed by atoms with Gasteiger partial charge in [-0.2, -0.15) is 0 Å². The number of carboxylic acid groups (broad SMARTS) is 1. The number of nitrogens with two attached hydrogens (primary N) is 2. The van der Waals surface area contributed by atoms with Crippen LogP contribution in [0.25, 0.3) is 0 Å². The SMILES string of the molecule is Br.CSC(N)=NCCC[C@H](N)C(=O)O. The lowest BCUT2D eigenvalue weighted by atomic mass is 10.2. The molecule has 0 aliphatic heterocycles. The Labute approximate surface area is 98.1 Å². The number of halogens is 1. The summed E-state index contributed by atoms with van der Waals surface area (Å²) in [4.78, 5) is 14.3. The maximum Gasteiger partial charge on any atom is 0.320 e. The van der Waals surface area contributed by atoms with E-state index in [9.17, 15) is 4.79 Å². The second kappa shape index (κ2) is 9.29. The second-order valence-corrected chi connectivity index (χ2v) is 3.34. The van der Waals surface area contributed by atoms with Crippen molar-refractivity contribution in [2.24, 2.45) is 16.5 Å². The number of aliphatic imine (C=N–C) groups is 1. The standard InChI is InChI=1S/C7H15N3O2S.BrH/c1-13-7(9)10-4-2-3-5(8)6(11)12;/h5H,2-4,8H2,1H3,(H2,9,10)(H,11,12);1H/t5-;/m0./s1. The Bertz CT molecular complexity index is 201. The van der Waals surface area contributed by atoms with E-state index in [1.54, 1.807) is 0 Å². The lowest BCUT2D eigenvalue weighted by Crippen LogP contribution is -2.30. The van der Waals surface area contributed by atoms with Crippen LogP contribution in [0.15, 0.2) is 4.99 Å². The van der Waals surface area contributed by atoms with E-state index in [1.807, 2.05) is 6.26 Å². The average Bonchev–Trinajstić information content (AvgIpc) is 2.11. The highest BCUT2D eigenvalue weighted by atomic mass is 79.9. The molecule has 0 heterocycles. The summed E-state index contributed by atoms with van der Waals surface area (Å²) >= 11 is 1.37. The predicted octanol–water partition coefficient (Wildman–Crippen LogP) is 0.434. The largest absolute Gasteiger partial charge is 0.480 e. The first-order valence-electron chi connectivity index (χ1n) is 3.90. The molecule has 0 saturated carbocycles. The maximum atomic E-state index is 10.3. The molecule has 0 fully saturated rings. The Morgan fingerprint density at radius 2 is 2.21 bits per heavy atom. The molecule has 0 unspecified atom stereocenters. The summed E-state index contributed by atoms with van der Waals surface area (Å²) < 4.78 is 0. The molecule has 1 atom stereocenters. The zero-order chi connectivity index (χ0) is 10.3. The Morgan fingerprint density at radius 1 is 1.64 bits per heavy atom. The van der Waals surface area contributed by atoms with Crippen LogP contribution in [0.2, 0.25) is 0 Å². The minimum Gasteiger partial charge on any atom is -0.480 e. The summed E-state index contributed by atoms with van der Waals surface area (Å²) in [6.45, 7) is 0.535. The number of nitrogens with zero attached hydrogens (tertiary/aromatic N) is 1. The molecule has 7 heteroatoms. The van der Waals surface area contributed by atoms with Gasteiger partial charge in [0, 0.05) is 6.54 Å². The first kappa shape index (κ1) is 16.2. The molecule has 0 saturated heterocycles. The van der Waals surface area contributed by atoms with Crippen molar-refractivity contribution in [3.05, 3.63) is 0 Å². The summed E-state index contributed by atoms with van der Waals surface area (Å²) in [5, 5.41) is 8.96. The van der Waals surface area contributed by atoms with Gasteiger partial charge in [0.05, 0.1) is 0 Å². The van der Waals surface area contributed by atoms with Crippen LogP contribution in [0.4, 0.5) is 0 Å². The number of hydrogen-bond donors (Lipinski definition) is 3. The van der Waals surface area contributed by atoms with E-state index in [1.165, 1.54) is 11.8 Å². The lowest BCUT2D eigenvalue weighted by molar-refractivity contribution is -0.138. The van der Waals surface area contributed by atoms with E-state index in [4.69, 9.17) is 16.6 Å². The van der Waals surface area contributed by atoms with Crippen LogP contribution in [0.3, 0.4) is 0 Å². The zero-order valence-corrected chi connectivity index (χ0v) is 10.5. The Kier molecular flexibility index (Phi) is 10.7. The van der Waals surface area contributed by atoms with Crippen LogP contribution in [-0.2, 0) is 4.79 Å². The van der Waals surface area contributed by atoms with E-state index in [0.29, 0.717) is 24.6 Å². The van der Waals surface area contributed by atoms with Gasteiger partial charge in [0.1, 0.15) is 6.04 Å². The third kappa shape index (κ3) is 8.33. The highest BCUT2D eigenvalue weighted by molar-refractivity contribution is 8.93. The monoisotopic (exact) mass is 285 g/mol. The minimum atomic E-state index is -0.971. The summed E-state index contributed by atoms with van der Waals surface area (Å²) in [7, 11) is 0. The molecular formula is C7H16BrN3O2S. The van der Waals surface area contributed by atoms with E-state index >= 15 is 0 Å². The van der Waals surface area contributed by atoms with E-state index < -0.39 is 12.0 Å². The van der Waals surface area contributed by atoms with Gasteiger partial charge >= 0.3 is 5.97 Å². The normalized spacial score (nSPS) is 13.1. The molecule has 0 aromatic heterocycles. The fourth-order valence-corrected chi connectivity index (χ4v) is 0.909. The molecule has 0 rings (SSSR count). The Morgan fingerprint density at radius 3 is 2.64 bits per heavy atom. The number of amidine groups is 1. The third-order valence-electron chi connectivity index (χ3n) is 1.47. The van der Waals surface area contributed by atoms with Gasteiger partial charge in [-0.3, -0.25) is 9.79 Å². The van der Waals surface area contributed by atoms with Gasteiger partial charge in [0.15, 0.2) is 5.17 Å². The van der Waals surface area contributed by atoms with Gasteiger partial charge in [0.2, 0.25) is 0 Å². The number of rotatable bonds is 5. The first-order valence-corrected chi connectivity index (χ1v) is 5.12. The number of carboxylic acids is 1. The van der Waals surface area contributed by atoms with Crippen molar-refractivity contribution < 1.29 is 9.90 Å². The molecular weight excluding hydrogens is 270 g/mol. The highest BCUT2D eigenvalue weighted by Gasteiger charge is 2.09. The van der Waals surface area contributed by atoms with Crippen molar-refractivity contribution in [1.82, 2.24) is 0 Å². The molecule has 0 bridgehead atoms. The third-order valence-corrected chi connectivity index (χ3v) is 2.01. The van der Waals surface area contributed by atoms with Crippen molar-refractivity contribution in [3.8, 4) is 0 Å². The molecule has 0 aliphatic carbocycles. The number of hydrogen-bond acceptors (Lipinski definition) is 4. The first-order chi connectivity index (χ1) is 6.07. The zero-order valence-electron chi connectivity index (χ0n) is 7.97. The van der Waals surface area contributed by atoms with Crippen LogP contribution < -0.4 is 11.5 Å². The van der Waals surface area contributed by atoms with Gasteiger partial charge in [0.25, 0.3) is 0 Å². The Hall–Kier alpha value is -0.270. The van der Waals surface area contributed by atoms with Crippen LogP contribution >= 0.6 is 28.7 Å². The number of thioether (sulfide) groups is 1. The Balaban J connectivity index is 0. The van der Waals surface area contributed by atoms with Crippen LogP contribution in [-0.4, -0.2) is 35.1 Å². The van der Waals surface area contributed by atoms with Crippen molar-refractivity contribution >= 4 is 39.9 Å². The van der Waals surface area contributed by atoms with Gasteiger partial charge in [-0.25, -0.2) is 0 Å². The summed E-state index contributed by atoms with van der Waals surface area (Å²) in [6, 6.07) is -0.786. The molecule has 5 N–H and O–H groups in total. The van der Waals surface area contributed by atoms with Gasteiger partial charge in [-0.05, 0) is 19.1 Å². The topological polar surface area (TPSA) is 102 Å². The molecule has 84 valence electrons. The second-order valence-electron chi connectivity index (χ2n) is 2.51. The van der Waals surface area contributed by atoms with Crippen molar-refractivity contribution in [3.63, 3.8) is 0 Å². The molecule has 14 heavy (non-hydrogen) atoms. The van der Waals surface area contributed by atoms with E-state index in [0.717, 1.165) is 0 Å². The number of aliphatic carboxylic acids is 1. The molecule has 0 amide bonds. The van der Waals surface area contributed by atoms with Gasteiger partial charge in [-0.1, -0.05) is 11.8 Å². The average molecular weight is 286 g/mol. The molecule has 0 aliphatic rings. The lowest BCUT2D eigenvalue weighted by Gasteiger charge is -2.03. The molecule has 0 spiro atoms. The quantitative estimate of drug-likeness (QED) is 0.386. The van der Waals surface area contributed by atoms with Crippen LogP contribution in [0.5, 0.6) is 0 Å². The van der Waals surface area contributed by atoms with Gasteiger partial charge in [-0.15, -0.1) is 17.0 Å². The fraction of sp³-hybridized carbons (Fsp3) is 0.714. The van der Waals surface area contributed by atoms with Crippen LogP contribution in [0.1, 0.15) is 12.8 Å². The maximum absolute atomic E-state index is 10.3. The minimum absolute atomic E-state index is 0. The smallest absolute Gasteiger partial charge is 0.320 e. The van der Waals surface area contributed by atoms with E-state index in [-0.39, 0.29) is 17.0 Å². The summed E-state index contributed by atoms with van der Waals surface area (Å²) in [5.41, 5.74) is 10.7. The van der Waals surface area contributed by atoms with Crippen LogP contribution in [0, 0.1) is 0 Å². The summed E-state index contributed by atoms with van der Waals surface area (Å²) in [6.07, 6.45) is 2.91. The fourth-order valence-electron chi connectivity index (χ4n) is 0.688. The predicted molar refractivity (Wildman–Crippen MR) is 65.2 cm³/mol. The van der Waals surface area contributed by atoms with Crippen molar-refractivity contribution in [1.29, 1.82) is 0 Å². The molecule has 5 nitrogen and oxygen atoms in total. The van der Waals surface area contributed by atoms with Crippen molar-refractivity contribution in [2.75, 3.05) is 12.8 Å². The summed E-state index contributed by atoms with van der Waals surface area (Å²) in [5.74, 6) is -0.971. The number of carbonyl (C=O) groups is 1.